The summed E-state index contributed by atoms with van der Waals surface area (Å²) in [5.41, 5.74) is 11.6. The van der Waals surface area contributed by atoms with Crippen LogP contribution in [0.3, 0.4) is 0 Å². The fourth-order valence-corrected chi connectivity index (χ4v) is 13.0. The van der Waals surface area contributed by atoms with Crippen LogP contribution in [0.4, 0.5) is 0 Å². The average Bonchev–Trinajstić information content (AvgIpc) is 4.15. The Hall–Kier alpha value is -9.75. The third kappa shape index (κ3) is 6.53. The van der Waals surface area contributed by atoms with E-state index in [0.29, 0.717) is 17.5 Å². The van der Waals surface area contributed by atoms with Gasteiger partial charge in [-0.25, -0.2) is 15.0 Å². The molecule has 0 N–H and O–H groups in total. The molecule has 0 aliphatic heterocycles. The summed E-state index contributed by atoms with van der Waals surface area (Å²) in [4.78, 5) is 16.6. The van der Waals surface area contributed by atoms with Crippen LogP contribution in [0.25, 0.3) is 153 Å². The number of thiophene rings is 1. The number of fused-ring (bicyclic) bond motifs is 13. The lowest BCUT2D eigenvalue weighted by molar-refractivity contribution is 1.07. The molecule has 16 aromatic rings. The summed E-state index contributed by atoms with van der Waals surface area (Å²) in [6.45, 7) is 0. The molecule has 6 heteroatoms. The van der Waals surface area contributed by atoms with Crippen molar-refractivity contribution in [3.05, 3.63) is 249 Å². The summed E-state index contributed by atoms with van der Waals surface area (Å²) in [5.74, 6) is 1.80. The molecule has 0 saturated carbocycles. The van der Waals surface area contributed by atoms with Gasteiger partial charge in [-0.15, -0.1) is 11.3 Å². The van der Waals surface area contributed by atoms with Crippen LogP contribution in [-0.2, 0) is 0 Å². The lowest BCUT2D eigenvalue weighted by Crippen LogP contribution is -2.04. The van der Waals surface area contributed by atoms with Crippen molar-refractivity contribution in [1.29, 1.82) is 0 Å². The van der Waals surface area contributed by atoms with Crippen LogP contribution < -0.4 is 0 Å². The molecule has 0 bridgehead atoms. The topological polar surface area (TPSA) is 48.5 Å². The minimum Gasteiger partial charge on any atom is -0.309 e. The highest BCUT2D eigenvalue weighted by molar-refractivity contribution is 7.26. The third-order valence-corrected chi connectivity index (χ3v) is 16.5. The molecule has 75 heavy (non-hydrogen) atoms. The molecule has 16 rings (SSSR count). The maximum absolute atomic E-state index is 5.63. The lowest BCUT2D eigenvalue weighted by Gasteiger charge is -2.16. The number of aromatic nitrogens is 5. The Kier molecular flexibility index (Phi) is 9.14. The van der Waals surface area contributed by atoms with Crippen molar-refractivity contribution >= 4 is 107 Å². The molecule has 0 aliphatic carbocycles. The van der Waals surface area contributed by atoms with Crippen LogP contribution in [0.5, 0.6) is 0 Å². The predicted octanol–water partition coefficient (Wildman–Crippen LogP) is 18.6. The summed E-state index contributed by atoms with van der Waals surface area (Å²) < 4.78 is 7.27. The SMILES string of the molecule is c1ccc(-c2ccc(-c3nc(-c4ccc5c6ccccc6n(-c6ccccc6)c5c4)nc(-c4ccc5c(sc6ccc7ccccc7c65)c4-n4c5cc6ccccc6cc5c5cc6ccccc6cc54)n3)cc2)cc1. The van der Waals surface area contributed by atoms with Gasteiger partial charge in [0.05, 0.1) is 32.5 Å². The highest BCUT2D eigenvalue weighted by Gasteiger charge is 2.25. The van der Waals surface area contributed by atoms with Gasteiger partial charge in [0.15, 0.2) is 17.5 Å². The van der Waals surface area contributed by atoms with E-state index in [1.807, 2.05) is 11.3 Å². The summed E-state index contributed by atoms with van der Waals surface area (Å²) >= 11 is 1.84. The van der Waals surface area contributed by atoms with E-state index < -0.39 is 0 Å². The van der Waals surface area contributed by atoms with E-state index in [4.69, 9.17) is 15.0 Å². The van der Waals surface area contributed by atoms with E-state index in [1.165, 1.54) is 74.0 Å². The predicted molar refractivity (Wildman–Crippen MR) is 316 cm³/mol. The van der Waals surface area contributed by atoms with Gasteiger partial charge in [0, 0.05) is 59.4 Å². The smallest absolute Gasteiger partial charge is 0.166 e. The molecule has 0 unspecified atom stereocenters. The molecule has 0 radical (unpaired) electrons. The van der Waals surface area contributed by atoms with Crippen molar-refractivity contribution in [2.75, 3.05) is 0 Å². The van der Waals surface area contributed by atoms with Crippen molar-refractivity contribution in [2.45, 2.75) is 0 Å². The largest absolute Gasteiger partial charge is 0.309 e. The molecular weight excluding hydrogens is 931 g/mol. The molecule has 12 aromatic carbocycles. The third-order valence-electron chi connectivity index (χ3n) is 15.3. The molecule has 4 aromatic heterocycles. The molecule has 348 valence electrons. The summed E-state index contributed by atoms with van der Waals surface area (Å²) in [6, 6.07) is 89.9. The van der Waals surface area contributed by atoms with Gasteiger partial charge in [0.25, 0.3) is 0 Å². The second-order valence-electron chi connectivity index (χ2n) is 19.5. The summed E-state index contributed by atoms with van der Waals surface area (Å²) in [6.07, 6.45) is 0. The standard InChI is InChI=1S/C69H41N5S/c1-3-15-42(16-4-1)43-27-29-45(30-28-43)67-70-68(50-31-33-54-53-25-13-14-26-59(53)73(60(54)41-50)51-22-5-2-6-23-51)72-69(71-67)56-35-34-55-64-52-24-12-11-17-44(52)32-36-63(64)75-66(55)65(56)74-61-39-48-20-9-7-18-46(48)37-57(61)58-38-47-19-8-10-21-49(47)40-62(58)74/h1-41H. The Morgan fingerprint density at radius 3 is 1.51 bits per heavy atom. The van der Waals surface area contributed by atoms with Crippen molar-refractivity contribution in [3.8, 4) is 56.7 Å². The van der Waals surface area contributed by atoms with Crippen LogP contribution in [0, 0.1) is 0 Å². The molecule has 0 spiro atoms. The number of nitrogens with zero attached hydrogens (tertiary/aromatic N) is 5. The zero-order valence-corrected chi connectivity index (χ0v) is 41.1. The fraction of sp³-hybridized carbons (Fsp3) is 0. The fourth-order valence-electron chi connectivity index (χ4n) is 11.8. The summed E-state index contributed by atoms with van der Waals surface area (Å²) in [7, 11) is 0. The molecule has 0 atom stereocenters. The minimum absolute atomic E-state index is 0.599. The van der Waals surface area contributed by atoms with Crippen LogP contribution in [0.1, 0.15) is 0 Å². The van der Waals surface area contributed by atoms with Crippen molar-refractivity contribution in [1.82, 2.24) is 24.1 Å². The number of para-hydroxylation sites is 2. The zero-order valence-electron chi connectivity index (χ0n) is 40.3. The molecule has 0 amide bonds. The highest BCUT2D eigenvalue weighted by Crippen LogP contribution is 2.48. The molecule has 4 heterocycles. The Bertz CT molecular complexity index is 4900. The number of benzene rings is 12. The Morgan fingerprint density at radius 2 is 0.800 bits per heavy atom. The van der Waals surface area contributed by atoms with E-state index >= 15 is 0 Å². The van der Waals surface area contributed by atoms with Crippen molar-refractivity contribution in [3.63, 3.8) is 0 Å². The van der Waals surface area contributed by atoms with Crippen LogP contribution in [0.2, 0.25) is 0 Å². The maximum atomic E-state index is 5.63. The minimum atomic E-state index is 0.599. The zero-order chi connectivity index (χ0) is 49.1. The van der Waals surface area contributed by atoms with Gasteiger partial charge in [-0.05, 0) is 104 Å². The Labute approximate surface area is 434 Å². The van der Waals surface area contributed by atoms with Gasteiger partial charge in [-0.3, -0.25) is 0 Å². The first kappa shape index (κ1) is 41.8. The van der Waals surface area contributed by atoms with Crippen molar-refractivity contribution in [2.24, 2.45) is 0 Å². The van der Waals surface area contributed by atoms with Gasteiger partial charge in [0.2, 0.25) is 0 Å². The van der Waals surface area contributed by atoms with E-state index in [0.717, 1.165) is 61.3 Å². The first-order chi connectivity index (χ1) is 37.2. The van der Waals surface area contributed by atoms with Gasteiger partial charge in [0.1, 0.15) is 0 Å². The van der Waals surface area contributed by atoms with E-state index in [9.17, 15) is 0 Å². The van der Waals surface area contributed by atoms with Crippen molar-refractivity contribution < 1.29 is 0 Å². The maximum Gasteiger partial charge on any atom is 0.166 e. The number of rotatable bonds is 6. The second kappa shape index (κ2) is 16.4. The molecular formula is C69H41N5S. The number of hydrogen-bond donors (Lipinski definition) is 0. The van der Waals surface area contributed by atoms with Gasteiger partial charge in [-0.2, -0.15) is 0 Å². The van der Waals surface area contributed by atoms with Crippen LogP contribution in [-0.4, -0.2) is 24.1 Å². The molecule has 5 nitrogen and oxygen atoms in total. The van der Waals surface area contributed by atoms with Gasteiger partial charge >= 0.3 is 0 Å². The van der Waals surface area contributed by atoms with Crippen LogP contribution in [0.15, 0.2) is 249 Å². The number of hydrogen-bond acceptors (Lipinski definition) is 4. The van der Waals surface area contributed by atoms with Crippen LogP contribution >= 0.6 is 11.3 Å². The average molecular weight is 972 g/mol. The van der Waals surface area contributed by atoms with Gasteiger partial charge < -0.3 is 9.13 Å². The first-order valence-corrected chi connectivity index (χ1v) is 26.2. The molecule has 0 aliphatic rings. The molecule has 0 fully saturated rings. The van der Waals surface area contributed by atoms with E-state index in [1.54, 1.807) is 0 Å². The molecule has 0 saturated heterocycles. The summed E-state index contributed by atoms with van der Waals surface area (Å²) in [5, 5.41) is 14.5. The monoisotopic (exact) mass is 971 g/mol. The van der Waals surface area contributed by atoms with Gasteiger partial charge in [-0.1, -0.05) is 188 Å². The first-order valence-electron chi connectivity index (χ1n) is 25.4. The highest BCUT2D eigenvalue weighted by atomic mass is 32.1. The second-order valence-corrected chi connectivity index (χ2v) is 20.6. The van der Waals surface area contributed by atoms with E-state index in [2.05, 4.69) is 258 Å². The lowest BCUT2D eigenvalue weighted by atomic mass is 10.0. The Balaban J connectivity index is 1.02. The van der Waals surface area contributed by atoms with E-state index in [-0.39, 0.29) is 0 Å². The normalized spacial score (nSPS) is 12.0. The Morgan fingerprint density at radius 1 is 0.293 bits per heavy atom. The quantitative estimate of drug-likeness (QED) is 0.167.